The molecule has 2 aliphatic carbocycles. The number of carbonyl (C=O) groups is 2. The standard InChI is InChI=1S/C17H22F4O6/c1-3-16(20,21)14(23)24-7-11-8-25-17(27-11)10-5-4-9(6-10)12(17)26-13(22)15(2,18)19/h9-12H,3-8H2,1-2H3. The number of hydrogen-bond acceptors (Lipinski definition) is 6. The molecule has 5 unspecified atom stereocenters. The summed E-state index contributed by atoms with van der Waals surface area (Å²) in [5.41, 5.74) is 0. The monoisotopic (exact) mass is 398 g/mol. The molecule has 0 N–H and O–H groups in total. The predicted octanol–water partition coefficient (Wildman–Crippen LogP) is 2.68. The molecule has 154 valence electrons. The minimum atomic E-state index is -3.65. The summed E-state index contributed by atoms with van der Waals surface area (Å²) in [6, 6.07) is 0. The maximum absolute atomic E-state index is 13.3. The maximum Gasteiger partial charge on any atom is 0.377 e. The highest BCUT2D eigenvalue weighted by molar-refractivity contribution is 5.77. The van der Waals surface area contributed by atoms with E-state index in [0.29, 0.717) is 26.2 Å². The summed E-state index contributed by atoms with van der Waals surface area (Å²) < 4.78 is 74.2. The molecule has 3 aliphatic rings. The number of esters is 2. The molecule has 0 radical (unpaired) electrons. The molecule has 1 aliphatic heterocycles. The summed E-state index contributed by atoms with van der Waals surface area (Å²) in [6.07, 6.45) is -0.550. The highest BCUT2D eigenvalue weighted by Crippen LogP contribution is 2.56. The first kappa shape index (κ1) is 20.3. The first-order chi connectivity index (χ1) is 12.5. The Labute approximate surface area is 153 Å². The van der Waals surface area contributed by atoms with Crippen molar-refractivity contribution in [3.05, 3.63) is 0 Å². The van der Waals surface area contributed by atoms with Crippen LogP contribution in [-0.4, -0.2) is 55.0 Å². The summed E-state index contributed by atoms with van der Waals surface area (Å²) in [7, 11) is 0. The molecule has 6 nitrogen and oxygen atoms in total. The fourth-order valence-electron chi connectivity index (χ4n) is 4.03. The van der Waals surface area contributed by atoms with Crippen LogP contribution in [0.1, 0.15) is 39.5 Å². The molecular formula is C17H22F4O6. The van der Waals surface area contributed by atoms with Gasteiger partial charge >= 0.3 is 23.8 Å². The van der Waals surface area contributed by atoms with Gasteiger partial charge in [0.25, 0.3) is 0 Å². The zero-order valence-corrected chi connectivity index (χ0v) is 15.0. The number of halogens is 4. The first-order valence-corrected chi connectivity index (χ1v) is 8.95. The number of ether oxygens (including phenoxy) is 4. The van der Waals surface area contributed by atoms with E-state index in [-0.39, 0.29) is 18.4 Å². The summed E-state index contributed by atoms with van der Waals surface area (Å²) in [5.74, 6) is -12.3. The van der Waals surface area contributed by atoms with Gasteiger partial charge in [-0.2, -0.15) is 17.6 Å². The Bertz CT molecular complexity index is 607. The highest BCUT2D eigenvalue weighted by Gasteiger charge is 2.66. The highest BCUT2D eigenvalue weighted by atomic mass is 19.3. The largest absolute Gasteiger partial charge is 0.458 e. The van der Waals surface area contributed by atoms with Gasteiger partial charge in [-0.15, -0.1) is 0 Å². The van der Waals surface area contributed by atoms with Crippen LogP contribution in [0, 0.1) is 11.8 Å². The van der Waals surface area contributed by atoms with Gasteiger partial charge in [0.15, 0.2) is 6.10 Å². The predicted molar refractivity (Wildman–Crippen MR) is 81.1 cm³/mol. The molecule has 3 rings (SSSR count). The molecule has 1 spiro atoms. The number of fused-ring (bicyclic) bond motifs is 3. The van der Waals surface area contributed by atoms with E-state index in [1.165, 1.54) is 0 Å². The molecule has 27 heavy (non-hydrogen) atoms. The third kappa shape index (κ3) is 3.65. The Morgan fingerprint density at radius 2 is 1.89 bits per heavy atom. The molecule has 0 aromatic carbocycles. The first-order valence-electron chi connectivity index (χ1n) is 8.95. The number of alkyl halides is 4. The third-order valence-electron chi connectivity index (χ3n) is 5.45. The summed E-state index contributed by atoms with van der Waals surface area (Å²) in [5, 5.41) is 0. The second-order valence-corrected chi connectivity index (χ2v) is 7.41. The Morgan fingerprint density at radius 1 is 1.19 bits per heavy atom. The van der Waals surface area contributed by atoms with Crippen molar-refractivity contribution in [1.82, 2.24) is 0 Å². The van der Waals surface area contributed by atoms with Crippen LogP contribution in [0.25, 0.3) is 0 Å². The van der Waals surface area contributed by atoms with Crippen molar-refractivity contribution in [2.75, 3.05) is 13.2 Å². The van der Waals surface area contributed by atoms with E-state index >= 15 is 0 Å². The molecule has 2 saturated carbocycles. The number of rotatable bonds is 6. The average Bonchev–Trinajstić information content (AvgIpc) is 3.29. The molecular weight excluding hydrogens is 376 g/mol. The maximum atomic E-state index is 13.3. The summed E-state index contributed by atoms with van der Waals surface area (Å²) in [6.45, 7) is 1.06. The molecule has 1 heterocycles. The van der Waals surface area contributed by atoms with Gasteiger partial charge in [-0.3, -0.25) is 0 Å². The van der Waals surface area contributed by atoms with Gasteiger partial charge in [-0.05, 0) is 19.3 Å². The van der Waals surface area contributed by atoms with Crippen molar-refractivity contribution >= 4 is 11.9 Å². The lowest BCUT2D eigenvalue weighted by Gasteiger charge is -2.38. The Morgan fingerprint density at radius 3 is 2.52 bits per heavy atom. The van der Waals surface area contributed by atoms with Crippen molar-refractivity contribution in [1.29, 1.82) is 0 Å². The molecule has 10 heteroatoms. The number of carbonyl (C=O) groups excluding carboxylic acids is 2. The molecule has 0 aromatic rings. The lowest BCUT2D eigenvalue weighted by molar-refractivity contribution is -0.266. The van der Waals surface area contributed by atoms with Crippen LogP contribution >= 0.6 is 0 Å². The second-order valence-electron chi connectivity index (χ2n) is 7.41. The van der Waals surface area contributed by atoms with Gasteiger partial charge < -0.3 is 18.9 Å². The summed E-state index contributed by atoms with van der Waals surface area (Å²) in [4.78, 5) is 23.0. The van der Waals surface area contributed by atoms with E-state index in [1.807, 2.05) is 0 Å². The minimum absolute atomic E-state index is 0.0786. The van der Waals surface area contributed by atoms with E-state index in [9.17, 15) is 27.2 Å². The topological polar surface area (TPSA) is 71.1 Å². The molecule has 1 saturated heterocycles. The fourth-order valence-corrected chi connectivity index (χ4v) is 4.03. The molecule has 2 bridgehead atoms. The van der Waals surface area contributed by atoms with Gasteiger partial charge in [-0.1, -0.05) is 6.92 Å². The van der Waals surface area contributed by atoms with Crippen molar-refractivity contribution in [2.45, 2.75) is 69.4 Å². The Balaban J connectivity index is 1.65. The normalized spacial score (nSPS) is 35.6. The van der Waals surface area contributed by atoms with Crippen molar-refractivity contribution in [3.8, 4) is 0 Å². The summed E-state index contributed by atoms with van der Waals surface area (Å²) >= 11 is 0. The van der Waals surface area contributed by atoms with Gasteiger partial charge in [0.1, 0.15) is 12.7 Å². The van der Waals surface area contributed by atoms with E-state index < -0.39 is 54.8 Å². The van der Waals surface area contributed by atoms with Crippen LogP contribution in [0.3, 0.4) is 0 Å². The van der Waals surface area contributed by atoms with Crippen molar-refractivity contribution in [3.63, 3.8) is 0 Å². The van der Waals surface area contributed by atoms with Gasteiger partial charge in [0.2, 0.25) is 5.79 Å². The number of hydrogen-bond donors (Lipinski definition) is 0. The lowest BCUT2D eigenvalue weighted by Crippen LogP contribution is -2.52. The van der Waals surface area contributed by atoms with E-state index in [2.05, 4.69) is 4.74 Å². The van der Waals surface area contributed by atoms with Crippen molar-refractivity contribution < 1.29 is 46.1 Å². The van der Waals surface area contributed by atoms with Gasteiger partial charge in [0.05, 0.1) is 6.61 Å². The Kier molecular flexibility index (Phi) is 5.17. The van der Waals surface area contributed by atoms with Crippen LogP contribution in [-0.2, 0) is 28.5 Å². The zero-order valence-electron chi connectivity index (χ0n) is 15.0. The molecule has 3 fully saturated rings. The van der Waals surface area contributed by atoms with Crippen LogP contribution in [0.15, 0.2) is 0 Å². The quantitative estimate of drug-likeness (QED) is 0.506. The van der Waals surface area contributed by atoms with E-state index in [4.69, 9.17) is 14.2 Å². The Hall–Kier alpha value is -1.42. The van der Waals surface area contributed by atoms with Gasteiger partial charge in [-0.25, -0.2) is 9.59 Å². The lowest BCUT2D eigenvalue weighted by atomic mass is 9.91. The smallest absolute Gasteiger partial charge is 0.377 e. The van der Waals surface area contributed by atoms with Crippen molar-refractivity contribution in [2.24, 2.45) is 11.8 Å². The third-order valence-corrected chi connectivity index (χ3v) is 5.45. The molecule has 0 amide bonds. The molecule has 0 aromatic heterocycles. The van der Waals surface area contributed by atoms with Crippen LogP contribution in [0.2, 0.25) is 0 Å². The van der Waals surface area contributed by atoms with E-state index in [1.54, 1.807) is 0 Å². The van der Waals surface area contributed by atoms with Crippen LogP contribution in [0.4, 0.5) is 17.6 Å². The minimum Gasteiger partial charge on any atom is -0.458 e. The zero-order chi connectivity index (χ0) is 20.0. The van der Waals surface area contributed by atoms with E-state index in [0.717, 1.165) is 6.92 Å². The second kappa shape index (κ2) is 6.88. The SMILES string of the molecule is CCC(F)(F)C(=O)OCC1COC2(O1)C1CCC(C1)C2OC(=O)C(C)(F)F. The fraction of sp³-hybridized carbons (Fsp3) is 0.882. The van der Waals surface area contributed by atoms with Crippen LogP contribution in [0.5, 0.6) is 0 Å². The van der Waals surface area contributed by atoms with Gasteiger partial charge in [0, 0.05) is 25.2 Å². The average molecular weight is 398 g/mol. The molecule has 5 atom stereocenters. The van der Waals surface area contributed by atoms with Crippen LogP contribution < -0.4 is 0 Å².